The molecule has 1 aromatic rings. The molecule has 0 unspecified atom stereocenters. The topological polar surface area (TPSA) is 46.6 Å². The van der Waals surface area contributed by atoms with Crippen LogP contribution >= 0.6 is 0 Å². The zero-order valence-electron chi connectivity index (χ0n) is 12.3. The lowest BCUT2D eigenvalue weighted by molar-refractivity contribution is -0.126. The highest BCUT2D eigenvalue weighted by molar-refractivity contribution is 6.23. The monoisotopic (exact) mass is 283 g/mol. The number of fused-ring (bicyclic) bond motifs is 5. The van der Waals surface area contributed by atoms with Crippen molar-refractivity contribution in [3.8, 4) is 0 Å². The first-order valence-corrected chi connectivity index (χ1v) is 7.24. The second-order valence-corrected chi connectivity index (χ2v) is 6.41. The molecule has 0 aliphatic carbocycles. The molecule has 1 aromatic carbocycles. The Morgan fingerprint density at radius 2 is 1.90 bits per heavy atom. The highest BCUT2D eigenvalue weighted by atomic mass is 16.5. The lowest BCUT2D eigenvalue weighted by Gasteiger charge is -2.24. The van der Waals surface area contributed by atoms with Gasteiger partial charge in [-0.15, -0.1) is 0 Å². The van der Waals surface area contributed by atoms with E-state index >= 15 is 0 Å². The maximum atomic E-state index is 12.8. The predicted octanol–water partition coefficient (Wildman–Crippen LogP) is 2.14. The molecule has 0 aromatic heterocycles. The van der Waals surface area contributed by atoms with Gasteiger partial charge in [-0.25, -0.2) is 4.90 Å². The van der Waals surface area contributed by atoms with Crippen molar-refractivity contribution in [2.75, 3.05) is 4.90 Å². The lowest BCUT2D eigenvalue weighted by atomic mass is 9.78. The molecule has 4 nitrogen and oxygen atoms in total. The molecule has 2 saturated heterocycles. The van der Waals surface area contributed by atoms with Crippen LogP contribution in [0.1, 0.15) is 18.1 Å². The number of imide groups is 1. The molecule has 3 aliphatic heterocycles. The molecule has 4 heteroatoms. The van der Waals surface area contributed by atoms with Gasteiger partial charge in [-0.05, 0) is 44.0 Å². The summed E-state index contributed by atoms with van der Waals surface area (Å²) in [6, 6.07) is 5.70. The molecule has 0 N–H and O–H groups in total. The third-order valence-electron chi connectivity index (χ3n) is 5.08. The van der Waals surface area contributed by atoms with Crippen LogP contribution in [0.5, 0.6) is 0 Å². The molecule has 2 amide bonds. The Bertz CT molecular complexity index is 708. The largest absolute Gasteiger partial charge is 0.362 e. The van der Waals surface area contributed by atoms with Gasteiger partial charge in [0.1, 0.15) is 0 Å². The second kappa shape index (κ2) is 3.83. The summed E-state index contributed by atoms with van der Waals surface area (Å²) in [6.07, 6.45) is 3.58. The molecule has 4 atom stereocenters. The third kappa shape index (κ3) is 1.48. The van der Waals surface area contributed by atoms with E-state index in [1.807, 2.05) is 51.1 Å². The van der Waals surface area contributed by atoms with Crippen LogP contribution in [0.25, 0.3) is 0 Å². The summed E-state index contributed by atoms with van der Waals surface area (Å²) < 4.78 is 5.82. The number of carbonyl (C=O) groups excluding carboxylic acids is 2. The van der Waals surface area contributed by atoms with Crippen LogP contribution in [0.15, 0.2) is 30.4 Å². The number of hydrogen-bond acceptors (Lipinski definition) is 3. The highest BCUT2D eigenvalue weighted by Crippen LogP contribution is 2.52. The minimum absolute atomic E-state index is 0.133. The Kier molecular flexibility index (Phi) is 2.33. The van der Waals surface area contributed by atoms with Crippen LogP contribution in [0.4, 0.5) is 5.69 Å². The molecule has 2 fully saturated rings. The van der Waals surface area contributed by atoms with E-state index in [0.717, 1.165) is 11.1 Å². The van der Waals surface area contributed by atoms with Gasteiger partial charge in [0.15, 0.2) is 0 Å². The SMILES string of the molecule is Cc1ccc(N2C(=O)[C@@H]3[C@@H](C2=O)[C@]2(C)C=C[C@H]3O2)cc1C. The predicted molar refractivity (Wildman–Crippen MR) is 77.8 cm³/mol. The van der Waals surface area contributed by atoms with Crippen molar-refractivity contribution in [1.82, 2.24) is 0 Å². The van der Waals surface area contributed by atoms with Crippen molar-refractivity contribution < 1.29 is 14.3 Å². The van der Waals surface area contributed by atoms with Crippen molar-refractivity contribution in [3.63, 3.8) is 0 Å². The van der Waals surface area contributed by atoms with Gasteiger partial charge in [0, 0.05) is 0 Å². The lowest BCUT2D eigenvalue weighted by Crippen LogP contribution is -2.38. The fourth-order valence-electron chi connectivity index (χ4n) is 3.77. The summed E-state index contributed by atoms with van der Waals surface area (Å²) in [5, 5.41) is 0. The van der Waals surface area contributed by atoms with Gasteiger partial charge >= 0.3 is 0 Å². The minimum atomic E-state index is -0.628. The molecule has 21 heavy (non-hydrogen) atoms. The number of anilines is 1. The van der Waals surface area contributed by atoms with Gasteiger partial charge < -0.3 is 4.74 Å². The van der Waals surface area contributed by atoms with Crippen LogP contribution in [-0.4, -0.2) is 23.5 Å². The summed E-state index contributed by atoms with van der Waals surface area (Å²) >= 11 is 0. The van der Waals surface area contributed by atoms with E-state index in [0.29, 0.717) is 5.69 Å². The van der Waals surface area contributed by atoms with Crippen molar-refractivity contribution >= 4 is 17.5 Å². The van der Waals surface area contributed by atoms with Crippen LogP contribution in [0, 0.1) is 25.7 Å². The Balaban J connectivity index is 1.78. The molecule has 0 saturated carbocycles. The van der Waals surface area contributed by atoms with Gasteiger partial charge in [0.2, 0.25) is 11.8 Å². The molecule has 3 aliphatic rings. The van der Waals surface area contributed by atoms with E-state index in [4.69, 9.17) is 4.74 Å². The van der Waals surface area contributed by atoms with Gasteiger partial charge in [-0.1, -0.05) is 18.2 Å². The molecule has 108 valence electrons. The fraction of sp³-hybridized carbons (Fsp3) is 0.412. The second-order valence-electron chi connectivity index (χ2n) is 6.41. The third-order valence-corrected chi connectivity index (χ3v) is 5.08. The Hall–Kier alpha value is -1.94. The molecule has 0 radical (unpaired) electrons. The van der Waals surface area contributed by atoms with Gasteiger partial charge in [0.05, 0.1) is 29.2 Å². The zero-order valence-corrected chi connectivity index (χ0v) is 12.3. The number of rotatable bonds is 1. The van der Waals surface area contributed by atoms with E-state index < -0.39 is 5.60 Å². The maximum Gasteiger partial charge on any atom is 0.241 e. The van der Waals surface area contributed by atoms with Crippen LogP contribution in [-0.2, 0) is 14.3 Å². The quantitative estimate of drug-likeness (QED) is 0.586. The Morgan fingerprint density at radius 3 is 2.57 bits per heavy atom. The summed E-state index contributed by atoms with van der Waals surface area (Å²) in [6.45, 7) is 5.89. The van der Waals surface area contributed by atoms with Gasteiger partial charge in [-0.3, -0.25) is 9.59 Å². The van der Waals surface area contributed by atoms with Crippen molar-refractivity contribution in [2.24, 2.45) is 11.8 Å². The maximum absolute atomic E-state index is 12.8. The first-order chi connectivity index (χ1) is 9.92. The first kappa shape index (κ1) is 12.8. The average Bonchev–Trinajstić information content (AvgIpc) is 3.03. The number of amides is 2. The van der Waals surface area contributed by atoms with Crippen LogP contribution < -0.4 is 4.90 Å². The van der Waals surface area contributed by atoms with Gasteiger partial charge in [0.25, 0.3) is 0 Å². The molecule has 0 spiro atoms. The number of benzene rings is 1. The smallest absolute Gasteiger partial charge is 0.241 e. The molecule has 4 rings (SSSR count). The highest BCUT2D eigenvalue weighted by Gasteiger charge is 2.65. The van der Waals surface area contributed by atoms with E-state index in [9.17, 15) is 9.59 Å². The molecular formula is C17H17NO3. The van der Waals surface area contributed by atoms with Crippen molar-refractivity contribution in [1.29, 1.82) is 0 Å². The number of hydrogen-bond donors (Lipinski definition) is 0. The first-order valence-electron chi connectivity index (χ1n) is 7.24. The van der Waals surface area contributed by atoms with Crippen molar-refractivity contribution in [2.45, 2.75) is 32.5 Å². The number of aryl methyl sites for hydroxylation is 2. The van der Waals surface area contributed by atoms with Gasteiger partial charge in [-0.2, -0.15) is 0 Å². The minimum Gasteiger partial charge on any atom is -0.362 e. The summed E-state index contributed by atoms with van der Waals surface area (Å²) in [5.74, 6) is -1.02. The summed E-state index contributed by atoms with van der Waals surface area (Å²) in [7, 11) is 0. The fourth-order valence-corrected chi connectivity index (χ4v) is 3.77. The van der Waals surface area contributed by atoms with Crippen LogP contribution in [0.3, 0.4) is 0 Å². The molecule has 3 heterocycles. The van der Waals surface area contributed by atoms with E-state index in [-0.39, 0.29) is 29.8 Å². The number of nitrogens with zero attached hydrogens (tertiary/aromatic N) is 1. The number of carbonyl (C=O) groups is 2. The van der Waals surface area contributed by atoms with E-state index in [1.165, 1.54) is 4.90 Å². The van der Waals surface area contributed by atoms with Crippen LogP contribution in [0.2, 0.25) is 0 Å². The van der Waals surface area contributed by atoms with E-state index in [2.05, 4.69) is 0 Å². The summed E-state index contributed by atoms with van der Waals surface area (Å²) in [5.41, 5.74) is 2.27. The standard InChI is InChI=1S/C17H17NO3/c1-9-4-5-11(8-10(9)2)18-15(19)13-12-6-7-17(3,21-12)14(13)16(18)20/h4-8,12-14H,1-3H3/t12-,13+,14+,17+/m1/s1. The van der Waals surface area contributed by atoms with Crippen molar-refractivity contribution in [3.05, 3.63) is 41.5 Å². The average molecular weight is 283 g/mol. The zero-order chi connectivity index (χ0) is 14.9. The normalized spacial score (nSPS) is 36.7. The Labute approximate surface area is 123 Å². The summed E-state index contributed by atoms with van der Waals surface area (Å²) in [4.78, 5) is 26.8. The Morgan fingerprint density at radius 1 is 1.14 bits per heavy atom. The number of ether oxygens (including phenoxy) is 1. The molecule has 2 bridgehead atoms. The van der Waals surface area contributed by atoms with E-state index in [1.54, 1.807) is 0 Å². The molecular weight excluding hydrogens is 266 g/mol.